The first-order chi connectivity index (χ1) is 20.8. The zero-order valence-electron chi connectivity index (χ0n) is 22.9. The maximum Gasteiger partial charge on any atom is 0.326 e. The van der Waals surface area contributed by atoms with Crippen LogP contribution in [0.1, 0.15) is 32.1 Å². The SMILES string of the molecule is NCC(=O)N[C@@H](CC(=O)O)C(=O)N[C@@H](CC(=O)O)C(=O)N[C@@H](CC(=O)O)C(=O)N[C@@H](CC(=O)O)C(=O)N[C@@H](CC(=O)O)C(=O)O. The van der Waals surface area contributed by atoms with Gasteiger partial charge >= 0.3 is 35.8 Å². The van der Waals surface area contributed by atoms with Crippen molar-refractivity contribution in [3.05, 3.63) is 0 Å². The highest BCUT2D eigenvalue weighted by Crippen LogP contribution is 2.04. The van der Waals surface area contributed by atoms with Crippen molar-refractivity contribution in [3.8, 4) is 0 Å². The van der Waals surface area contributed by atoms with Gasteiger partial charge < -0.3 is 63.0 Å². The lowest BCUT2D eigenvalue weighted by Crippen LogP contribution is -2.60. The van der Waals surface area contributed by atoms with Gasteiger partial charge in [-0.3, -0.25) is 47.9 Å². The van der Waals surface area contributed by atoms with Crippen LogP contribution in [0.4, 0.5) is 0 Å². The Kier molecular flexibility index (Phi) is 16.2. The van der Waals surface area contributed by atoms with E-state index in [1.54, 1.807) is 16.0 Å². The molecule has 0 heterocycles. The van der Waals surface area contributed by atoms with E-state index in [2.05, 4.69) is 0 Å². The number of aliphatic carboxylic acids is 6. The molecule has 23 heteroatoms. The molecule has 0 aliphatic heterocycles. The van der Waals surface area contributed by atoms with Gasteiger partial charge in [-0.1, -0.05) is 0 Å². The first-order valence-corrected chi connectivity index (χ1v) is 12.3. The lowest BCUT2D eigenvalue weighted by molar-refractivity contribution is -0.148. The van der Waals surface area contributed by atoms with E-state index in [9.17, 15) is 57.8 Å². The predicted molar refractivity (Wildman–Crippen MR) is 138 cm³/mol. The molecule has 13 N–H and O–H groups in total. The summed E-state index contributed by atoms with van der Waals surface area (Å²) in [5.41, 5.74) is 5.10. The van der Waals surface area contributed by atoms with Crippen molar-refractivity contribution in [1.29, 1.82) is 0 Å². The molecule has 5 atom stereocenters. The second kappa shape index (κ2) is 18.6. The zero-order chi connectivity index (χ0) is 35.0. The van der Waals surface area contributed by atoms with Gasteiger partial charge in [0.05, 0.1) is 38.6 Å². The number of carboxylic acids is 6. The molecule has 0 saturated heterocycles. The van der Waals surface area contributed by atoms with E-state index in [4.69, 9.17) is 31.3 Å². The number of carbonyl (C=O) groups excluding carboxylic acids is 5. The van der Waals surface area contributed by atoms with Crippen LogP contribution in [0.25, 0.3) is 0 Å². The first kappa shape index (κ1) is 39.1. The highest BCUT2D eigenvalue weighted by atomic mass is 16.4. The Hall–Kier alpha value is -5.87. The molecule has 0 aromatic carbocycles. The summed E-state index contributed by atoms with van der Waals surface area (Å²) in [5, 5.41) is 63.4. The van der Waals surface area contributed by atoms with Crippen molar-refractivity contribution in [2.45, 2.75) is 62.3 Å². The molecule has 0 radical (unpaired) electrons. The van der Waals surface area contributed by atoms with Crippen LogP contribution in [-0.2, 0) is 52.7 Å². The van der Waals surface area contributed by atoms with Crippen molar-refractivity contribution in [2.75, 3.05) is 6.54 Å². The van der Waals surface area contributed by atoms with Gasteiger partial charge in [0.2, 0.25) is 29.5 Å². The summed E-state index contributed by atoms with van der Waals surface area (Å²) in [6.45, 7) is -0.689. The number of carbonyl (C=O) groups is 11. The van der Waals surface area contributed by atoms with Crippen LogP contribution in [0.15, 0.2) is 0 Å². The van der Waals surface area contributed by atoms with E-state index in [1.807, 2.05) is 10.6 Å². The lowest BCUT2D eigenvalue weighted by Gasteiger charge is -2.25. The third-order valence-corrected chi connectivity index (χ3v) is 5.24. The van der Waals surface area contributed by atoms with Crippen LogP contribution >= 0.6 is 0 Å². The van der Waals surface area contributed by atoms with Gasteiger partial charge in [-0.05, 0) is 0 Å². The molecule has 5 amide bonds. The van der Waals surface area contributed by atoms with E-state index in [1.165, 1.54) is 0 Å². The topological polar surface area (TPSA) is 395 Å². The molecule has 250 valence electrons. The maximum atomic E-state index is 12.9. The van der Waals surface area contributed by atoms with Crippen molar-refractivity contribution in [2.24, 2.45) is 5.73 Å². The summed E-state index contributed by atoms with van der Waals surface area (Å²) in [7, 11) is 0. The van der Waals surface area contributed by atoms with Crippen LogP contribution in [0.5, 0.6) is 0 Å². The molecule has 0 aliphatic rings. The number of rotatable bonds is 21. The second-order valence-electron chi connectivity index (χ2n) is 8.90. The van der Waals surface area contributed by atoms with Gasteiger partial charge in [-0.15, -0.1) is 0 Å². The summed E-state index contributed by atoms with van der Waals surface area (Å²) >= 11 is 0. The van der Waals surface area contributed by atoms with Crippen molar-refractivity contribution in [3.63, 3.8) is 0 Å². The summed E-state index contributed by atoms with van der Waals surface area (Å²) < 4.78 is 0. The molecule has 0 aliphatic carbocycles. The molecule has 45 heavy (non-hydrogen) atoms. The number of nitrogens with one attached hydrogen (secondary N) is 5. The Morgan fingerprint density at radius 2 is 0.622 bits per heavy atom. The van der Waals surface area contributed by atoms with Crippen molar-refractivity contribution in [1.82, 2.24) is 26.6 Å². The van der Waals surface area contributed by atoms with Crippen LogP contribution in [0.2, 0.25) is 0 Å². The number of hydrogen-bond donors (Lipinski definition) is 12. The quantitative estimate of drug-likeness (QED) is 0.0549. The number of hydrogen-bond acceptors (Lipinski definition) is 12. The first-order valence-electron chi connectivity index (χ1n) is 12.3. The van der Waals surface area contributed by atoms with Crippen LogP contribution in [0.3, 0.4) is 0 Å². The molecule has 0 spiro atoms. The van der Waals surface area contributed by atoms with Crippen LogP contribution < -0.4 is 32.3 Å². The van der Waals surface area contributed by atoms with E-state index < -0.39 is 134 Å². The minimum absolute atomic E-state index is 0.689. The van der Waals surface area contributed by atoms with Crippen molar-refractivity contribution < 1.29 is 83.4 Å². The molecule has 0 aromatic heterocycles. The summed E-state index contributed by atoms with van der Waals surface area (Å²) in [5.74, 6) is -17.4. The molecular weight excluding hydrogens is 620 g/mol. The standard InChI is InChI=1S/C22H30N6O17/c23-6-12(29)24-7(1-13(30)31)18(40)25-8(2-14(32)33)19(41)26-9(3-15(34)35)20(42)27-10(4-16(36)37)21(43)28-11(22(44)45)5-17(38)39/h7-11H,1-6,23H2,(H,24,29)(H,25,40)(H,26,41)(H,27,42)(H,28,43)(H,30,31)(H,32,33)(H,34,35)(H,36,37)(H,38,39)(H,44,45)/t7-,8-,9-,10-,11-/m0/s1. The third kappa shape index (κ3) is 15.8. The Bertz CT molecular complexity index is 1220. The van der Waals surface area contributed by atoms with Gasteiger partial charge in [-0.2, -0.15) is 0 Å². The molecular formula is C22H30N6O17. The van der Waals surface area contributed by atoms with Gasteiger partial charge in [-0.25, -0.2) is 4.79 Å². The van der Waals surface area contributed by atoms with Gasteiger partial charge in [0, 0.05) is 0 Å². The van der Waals surface area contributed by atoms with Crippen LogP contribution in [0, 0.1) is 0 Å². The molecule has 23 nitrogen and oxygen atoms in total. The monoisotopic (exact) mass is 650 g/mol. The van der Waals surface area contributed by atoms with E-state index in [0.29, 0.717) is 0 Å². The summed E-state index contributed by atoms with van der Waals surface area (Å²) in [6, 6.07) is -10.4. The smallest absolute Gasteiger partial charge is 0.326 e. The molecule has 0 fully saturated rings. The Labute approximate surface area is 250 Å². The fourth-order valence-corrected chi connectivity index (χ4v) is 3.25. The molecule has 0 saturated carbocycles. The van der Waals surface area contributed by atoms with Gasteiger partial charge in [0.1, 0.15) is 30.2 Å². The summed E-state index contributed by atoms with van der Waals surface area (Å²) in [6.07, 6.45) is -5.97. The number of amides is 5. The zero-order valence-corrected chi connectivity index (χ0v) is 22.9. The minimum Gasteiger partial charge on any atom is -0.481 e. The predicted octanol–water partition coefficient (Wildman–Crippen LogP) is -6.17. The second-order valence-corrected chi connectivity index (χ2v) is 8.90. The maximum absolute atomic E-state index is 12.9. The van der Waals surface area contributed by atoms with Crippen LogP contribution in [-0.4, -0.2) is 133 Å². The average Bonchev–Trinajstić information content (AvgIpc) is 2.89. The van der Waals surface area contributed by atoms with E-state index in [-0.39, 0.29) is 0 Å². The molecule has 0 unspecified atom stereocenters. The lowest BCUT2D eigenvalue weighted by atomic mass is 10.1. The van der Waals surface area contributed by atoms with Crippen molar-refractivity contribution >= 4 is 65.4 Å². The largest absolute Gasteiger partial charge is 0.481 e. The normalized spacial score (nSPS) is 13.7. The van der Waals surface area contributed by atoms with E-state index in [0.717, 1.165) is 0 Å². The van der Waals surface area contributed by atoms with Gasteiger partial charge in [0.15, 0.2) is 0 Å². The fourth-order valence-electron chi connectivity index (χ4n) is 3.25. The molecule has 0 bridgehead atoms. The third-order valence-electron chi connectivity index (χ3n) is 5.24. The average molecular weight is 651 g/mol. The highest BCUT2D eigenvalue weighted by Gasteiger charge is 2.35. The molecule has 0 rings (SSSR count). The fraction of sp³-hybridized carbons (Fsp3) is 0.500. The Morgan fingerprint density at radius 3 is 0.844 bits per heavy atom. The van der Waals surface area contributed by atoms with Gasteiger partial charge in [0.25, 0.3) is 0 Å². The minimum atomic E-state index is -2.20. The number of nitrogens with two attached hydrogens (primary N) is 1. The molecule has 0 aromatic rings. The number of carboxylic acid groups (broad SMARTS) is 6. The highest BCUT2D eigenvalue weighted by molar-refractivity contribution is 5.99. The summed E-state index contributed by atoms with van der Waals surface area (Å²) in [4.78, 5) is 130. The van der Waals surface area contributed by atoms with E-state index >= 15 is 0 Å². The Balaban J connectivity index is 6.11. The Morgan fingerprint density at radius 1 is 0.400 bits per heavy atom.